The molecule has 1 rings (SSSR count). The predicted molar refractivity (Wildman–Crippen MR) is 43.6 cm³/mol. The number of rotatable bonds is 3. The summed E-state index contributed by atoms with van der Waals surface area (Å²) in [6.07, 6.45) is 0.379. The van der Waals surface area contributed by atoms with E-state index in [0.717, 1.165) is 0 Å². The Balaban J connectivity index is 2.55. The van der Waals surface area contributed by atoms with Gasteiger partial charge in [-0.3, -0.25) is 4.79 Å². The highest BCUT2D eigenvalue weighted by molar-refractivity contribution is 6.36. The van der Waals surface area contributed by atoms with Gasteiger partial charge in [0, 0.05) is 6.42 Å². The molecule has 2 nitrogen and oxygen atoms in total. The first kappa shape index (κ1) is 9.01. The number of ether oxygens (including phenoxy) is 1. The van der Waals surface area contributed by atoms with Gasteiger partial charge >= 0.3 is 0 Å². The number of epoxide rings is 1. The van der Waals surface area contributed by atoms with Crippen LogP contribution in [0.1, 0.15) is 27.2 Å². The van der Waals surface area contributed by atoms with Gasteiger partial charge in [-0.15, -0.1) is 0 Å². The Hall–Kier alpha value is -0.0800. The summed E-state index contributed by atoms with van der Waals surface area (Å²) in [5.41, 5.74) is 0. The summed E-state index contributed by atoms with van der Waals surface area (Å²) < 4.78 is 5.13. The molecule has 11 heavy (non-hydrogen) atoms. The van der Waals surface area contributed by atoms with Crippen molar-refractivity contribution in [2.75, 3.05) is 0 Å². The van der Waals surface area contributed by atoms with E-state index in [4.69, 9.17) is 16.3 Å². The Bertz CT molecular complexity index is 179. The van der Waals surface area contributed by atoms with Crippen LogP contribution in [0.2, 0.25) is 0 Å². The van der Waals surface area contributed by atoms with Gasteiger partial charge in [-0.05, 0) is 5.92 Å². The molecule has 1 aliphatic rings. The third-order valence-electron chi connectivity index (χ3n) is 1.91. The van der Waals surface area contributed by atoms with Gasteiger partial charge in [-0.25, -0.2) is 0 Å². The van der Waals surface area contributed by atoms with Gasteiger partial charge in [-0.2, -0.15) is 0 Å². The molecule has 0 aromatic carbocycles. The van der Waals surface area contributed by atoms with Crippen LogP contribution >= 0.6 is 11.6 Å². The van der Waals surface area contributed by atoms with Crippen LogP contribution in [-0.2, 0) is 9.53 Å². The first-order valence-corrected chi connectivity index (χ1v) is 4.30. The molecule has 0 aliphatic carbocycles. The Morgan fingerprint density at radius 2 is 2.27 bits per heavy atom. The average Bonchev–Trinajstić information content (AvgIpc) is 2.62. The van der Waals surface area contributed by atoms with Crippen molar-refractivity contribution >= 4 is 17.4 Å². The van der Waals surface area contributed by atoms with Gasteiger partial charge in [-0.1, -0.05) is 32.4 Å². The van der Waals surface area contributed by atoms with Crippen molar-refractivity contribution < 1.29 is 9.53 Å². The minimum absolute atomic E-state index is 0.00198. The normalized spacial score (nSPS) is 35.9. The molecule has 1 heterocycles. The lowest BCUT2D eigenvalue weighted by molar-refractivity contribution is -0.121. The molecule has 2 unspecified atom stereocenters. The number of carbonyl (C=O) groups excluding carboxylic acids is 1. The molecule has 0 N–H and O–H groups in total. The van der Waals surface area contributed by atoms with Crippen LogP contribution in [0.4, 0.5) is 0 Å². The van der Waals surface area contributed by atoms with E-state index in [9.17, 15) is 4.79 Å². The van der Waals surface area contributed by atoms with Gasteiger partial charge in [0.25, 0.3) is 0 Å². The zero-order chi connectivity index (χ0) is 8.65. The van der Waals surface area contributed by atoms with E-state index < -0.39 is 5.06 Å². The molecule has 1 fully saturated rings. The van der Waals surface area contributed by atoms with Crippen molar-refractivity contribution in [3.63, 3.8) is 0 Å². The van der Waals surface area contributed by atoms with E-state index in [1.807, 2.05) is 13.8 Å². The van der Waals surface area contributed by atoms with Gasteiger partial charge in [0.1, 0.15) is 6.10 Å². The van der Waals surface area contributed by atoms with Crippen molar-refractivity contribution in [2.45, 2.75) is 38.4 Å². The molecule has 3 heteroatoms. The maximum Gasteiger partial charge on any atom is 0.227 e. The fourth-order valence-corrected chi connectivity index (χ4v) is 1.66. The number of hydrogen-bond acceptors (Lipinski definition) is 2. The third-order valence-corrected chi connectivity index (χ3v) is 2.43. The predicted octanol–water partition coefficient (Wildman–Crippen LogP) is 1.96. The summed E-state index contributed by atoms with van der Waals surface area (Å²) in [7, 11) is 0. The summed E-state index contributed by atoms with van der Waals surface area (Å²) in [5.74, 6) is 0.320. The van der Waals surface area contributed by atoms with Crippen LogP contribution in [0.25, 0.3) is 0 Å². The SMILES string of the molecule is CCC(=O)C1(Cl)OC1C(C)C. The standard InChI is InChI=1S/C8H13ClO2/c1-4-6(10)8(9)7(11-8)5(2)3/h5,7H,4H2,1-3H3. The second-order valence-corrected chi connectivity index (χ2v) is 3.77. The lowest BCUT2D eigenvalue weighted by Gasteiger charge is -2.01. The molecule has 0 radical (unpaired) electrons. The van der Waals surface area contributed by atoms with Gasteiger partial charge in [0.2, 0.25) is 5.06 Å². The van der Waals surface area contributed by atoms with Crippen LogP contribution < -0.4 is 0 Å². The van der Waals surface area contributed by atoms with Crippen LogP contribution in [0.15, 0.2) is 0 Å². The maximum atomic E-state index is 11.2. The van der Waals surface area contributed by atoms with Crippen molar-refractivity contribution in [1.29, 1.82) is 0 Å². The Labute approximate surface area is 71.9 Å². The molecule has 0 aromatic heterocycles. The maximum absolute atomic E-state index is 11.2. The van der Waals surface area contributed by atoms with Crippen molar-refractivity contribution in [3.05, 3.63) is 0 Å². The largest absolute Gasteiger partial charge is 0.342 e. The lowest BCUT2D eigenvalue weighted by atomic mass is 10.0. The number of hydrogen-bond donors (Lipinski definition) is 0. The summed E-state index contributed by atoms with van der Waals surface area (Å²) >= 11 is 5.88. The second kappa shape index (κ2) is 2.76. The van der Waals surface area contributed by atoms with Crippen molar-refractivity contribution in [2.24, 2.45) is 5.92 Å². The van der Waals surface area contributed by atoms with E-state index >= 15 is 0 Å². The highest BCUT2D eigenvalue weighted by Crippen LogP contribution is 2.46. The summed E-state index contributed by atoms with van der Waals surface area (Å²) in [4.78, 5) is 11.2. The van der Waals surface area contributed by atoms with Crippen molar-refractivity contribution in [1.82, 2.24) is 0 Å². The van der Waals surface area contributed by atoms with Crippen molar-refractivity contribution in [3.8, 4) is 0 Å². The minimum atomic E-state index is -0.969. The Morgan fingerprint density at radius 3 is 2.55 bits per heavy atom. The molecule has 0 spiro atoms. The number of carbonyl (C=O) groups is 1. The molecule has 1 saturated heterocycles. The molecule has 0 amide bonds. The van der Waals surface area contributed by atoms with E-state index in [0.29, 0.717) is 12.3 Å². The van der Waals surface area contributed by atoms with Crippen LogP contribution in [0.5, 0.6) is 0 Å². The van der Waals surface area contributed by atoms with Gasteiger partial charge < -0.3 is 4.74 Å². The summed E-state index contributed by atoms with van der Waals surface area (Å²) in [6, 6.07) is 0. The highest BCUT2D eigenvalue weighted by atomic mass is 35.5. The van der Waals surface area contributed by atoms with Gasteiger partial charge in [0.15, 0.2) is 5.78 Å². The molecule has 0 aromatic rings. The number of halogens is 1. The second-order valence-electron chi connectivity index (χ2n) is 3.20. The molecule has 64 valence electrons. The van der Waals surface area contributed by atoms with Gasteiger partial charge in [0.05, 0.1) is 0 Å². The topological polar surface area (TPSA) is 29.6 Å². The summed E-state index contributed by atoms with van der Waals surface area (Å²) in [5, 5.41) is -0.969. The quantitative estimate of drug-likeness (QED) is 0.486. The number of alkyl halides is 1. The van der Waals surface area contributed by atoms with Crippen LogP contribution in [0.3, 0.4) is 0 Å². The zero-order valence-corrected chi connectivity index (χ0v) is 7.81. The van der Waals surface area contributed by atoms with E-state index in [-0.39, 0.29) is 11.9 Å². The fourth-order valence-electron chi connectivity index (χ4n) is 1.18. The Morgan fingerprint density at radius 1 is 1.73 bits per heavy atom. The molecule has 2 atom stereocenters. The van der Waals surface area contributed by atoms with Crippen LogP contribution in [0, 0.1) is 5.92 Å². The lowest BCUT2D eigenvalue weighted by Crippen LogP contribution is -2.21. The summed E-state index contributed by atoms with van der Waals surface area (Å²) in [6.45, 7) is 5.79. The monoisotopic (exact) mass is 176 g/mol. The third kappa shape index (κ3) is 1.42. The smallest absolute Gasteiger partial charge is 0.227 e. The average molecular weight is 177 g/mol. The first-order valence-electron chi connectivity index (χ1n) is 3.92. The number of Topliss-reactive ketones (excluding diaryl/α,β-unsaturated/α-hetero) is 1. The first-order chi connectivity index (χ1) is 5.02. The van der Waals surface area contributed by atoms with Crippen LogP contribution in [-0.4, -0.2) is 16.9 Å². The molecule has 0 bridgehead atoms. The minimum Gasteiger partial charge on any atom is -0.342 e. The molecular weight excluding hydrogens is 164 g/mol. The van der Waals surface area contributed by atoms with E-state index in [1.165, 1.54) is 0 Å². The zero-order valence-electron chi connectivity index (χ0n) is 7.06. The molecule has 0 saturated carbocycles. The fraction of sp³-hybridized carbons (Fsp3) is 0.875. The number of ketones is 1. The molecular formula is C8H13ClO2. The van der Waals surface area contributed by atoms with E-state index in [1.54, 1.807) is 6.92 Å². The highest BCUT2D eigenvalue weighted by Gasteiger charge is 2.61. The molecule has 1 aliphatic heterocycles. The Kier molecular flexibility index (Phi) is 2.26. The van der Waals surface area contributed by atoms with E-state index in [2.05, 4.69) is 0 Å².